The van der Waals surface area contributed by atoms with Crippen LogP contribution in [0.1, 0.15) is 5.56 Å². The number of rotatable bonds is 2. The average Bonchev–Trinajstić information content (AvgIpc) is 2.19. The standard InChI is InChI=1S/C10H6F4O2/c1-2-9(15)16-6-3-4-8(11)7(5-6)10(12,13)14/h2-5H,1H2. The van der Waals surface area contributed by atoms with Gasteiger partial charge in [-0.25, -0.2) is 9.18 Å². The molecule has 0 saturated carbocycles. The van der Waals surface area contributed by atoms with Crippen molar-refractivity contribution < 1.29 is 27.1 Å². The zero-order valence-corrected chi connectivity index (χ0v) is 7.84. The largest absolute Gasteiger partial charge is 0.423 e. The molecule has 0 radical (unpaired) electrons. The van der Waals surface area contributed by atoms with Crippen molar-refractivity contribution >= 4 is 5.97 Å². The van der Waals surface area contributed by atoms with Gasteiger partial charge in [0.15, 0.2) is 0 Å². The maximum atomic E-state index is 12.8. The van der Waals surface area contributed by atoms with Crippen LogP contribution >= 0.6 is 0 Å². The van der Waals surface area contributed by atoms with E-state index in [-0.39, 0.29) is 0 Å². The Morgan fingerprint density at radius 1 is 1.38 bits per heavy atom. The van der Waals surface area contributed by atoms with E-state index < -0.39 is 29.3 Å². The molecule has 0 aromatic heterocycles. The number of ether oxygens (including phenoxy) is 1. The molecule has 0 aliphatic carbocycles. The monoisotopic (exact) mass is 234 g/mol. The Hall–Kier alpha value is -1.85. The third-order valence-electron chi connectivity index (χ3n) is 1.63. The molecule has 0 aliphatic rings. The molecular formula is C10H6F4O2. The maximum Gasteiger partial charge on any atom is 0.419 e. The van der Waals surface area contributed by atoms with Gasteiger partial charge in [-0.1, -0.05) is 6.58 Å². The van der Waals surface area contributed by atoms with Crippen molar-refractivity contribution in [1.29, 1.82) is 0 Å². The van der Waals surface area contributed by atoms with Crippen LogP contribution in [-0.2, 0) is 11.0 Å². The van der Waals surface area contributed by atoms with E-state index in [4.69, 9.17) is 0 Å². The first-order valence-corrected chi connectivity index (χ1v) is 4.05. The minimum Gasteiger partial charge on any atom is -0.423 e. The maximum absolute atomic E-state index is 12.8. The third-order valence-corrected chi connectivity index (χ3v) is 1.63. The summed E-state index contributed by atoms with van der Waals surface area (Å²) in [5.74, 6) is -2.73. The highest BCUT2D eigenvalue weighted by atomic mass is 19.4. The highest BCUT2D eigenvalue weighted by Gasteiger charge is 2.34. The summed E-state index contributed by atoms with van der Waals surface area (Å²) in [5, 5.41) is 0. The van der Waals surface area contributed by atoms with E-state index in [0.29, 0.717) is 12.1 Å². The van der Waals surface area contributed by atoms with Gasteiger partial charge in [-0.2, -0.15) is 13.2 Å². The average molecular weight is 234 g/mol. The number of halogens is 4. The molecule has 0 fully saturated rings. The van der Waals surface area contributed by atoms with Crippen LogP contribution in [0.3, 0.4) is 0 Å². The fourth-order valence-electron chi connectivity index (χ4n) is 0.943. The van der Waals surface area contributed by atoms with Crippen LogP contribution in [0, 0.1) is 5.82 Å². The second-order valence-corrected chi connectivity index (χ2v) is 2.76. The predicted octanol–water partition coefficient (Wildman–Crippen LogP) is 2.94. The summed E-state index contributed by atoms with van der Waals surface area (Å²) in [7, 11) is 0. The number of esters is 1. The zero-order chi connectivity index (χ0) is 12.3. The second-order valence-electron chi connectivity index (χ2n) is 2.76. The van der Waals surface area contributed by atoms with Gasteiger partial charge in [-0.05, 0) is 18.2 Å². The molecule has 86 valence electrons. The molecule has 0 amide bonds. The van der Waals surface area contributed by atoms with Crippen molar-refractivity contribution in [1.82, 2.24) is 0 Å². The molecule has 0 atom stereocenters. The molecular weight excluding hydrogens is 228 g/mol. The van der Waals surface area contributed by atoms with E-state index in [2.05, 4.69) is 11.3 Å². The van der Waals surface area contributed by atoms with Crippen LogP contribution in [0.25, 0.3) is 0 Å². The zero-order valence-electron chi connectivity index (χ0n) is 7.84. The second kappa shape index (κ2) is 4.34. The molecule has 6 heteroatoms. The summed E-state index contributed by atoms with van der Waals surface area (Å²) in [6, 6.07) is 1.91. The normalized spacial score (nSPS) is 11.0. The summed E-state index contributed by atoms with van der Waals surface area (Å²) >= 11 is 0. The van der Waals surface area contributed by atoms with Crippen molar-refractivity contribution in [2.24, 2.45) is 0 Å². The van der Waals surface area contributed by atoms with E-state index in [0.717, 1.165) is 12.1 Å². The molecule has 2 nitrogen and oxygen atoms in total. The number of benzene rings is 1. The van der Waals surface area contributed by atoms with Gasteiger partial charge in [0.05, 0.1) is 5.56 Å². The first-order valence-electron chi connectivity index (χ1n) is 4.05. The van der Waals surface area contributed by atoms with E-state index in [1.54, 1.807) is 0 Å². The Bertz CT molecular complexity index is 423. The van der Waals surface area contributed by atoms with Crippen LogP contribution in [0.5, 0.6) is 5.75 Å². The molecule has 1 aromatic rings. The van der Waals surface area contributed by atoms with E-state index >= 15 is 0 Å². The number of hydrogen-bond donors (Lipinski definition) is 0. The van der Waals surface area contributed by atoms with Gasteiger partial charge in [0, 0.05) is 6.08 Å². The number of alkyl halides is 3. The highest BCUT2D eigenvalue weighted by molar-refractivity contribution is 5.83. The highest BCUT2D eigenvalue weighted by Crippen LogP contribution is 2.33. The molecule has 0 bridgehead atoms. The SMILES string of the molecule is C=CC(=O)Oc1ccc(F)c(C(F)(F)F)c1. The summed E-state index contributed by atoms with van der Waals surface area (Å²) in [6.07, 6.45) is -4.04. The third kappa shape index (κ3) is 2.82. The van der Waals surface area contributed by atoms with Crippen molar-refractivity contribution in [2.45, 2.75) is 6.18 Å². The van der Waals surface area contributed by atoms with Crippen molar-refractivity contribution in [3.05, 3.63) is 42.2 Å². The van der Waals surface area contributed by atoms with E-state index in [9.17, 15) is 22.4 Å². The predicted molar refractivity (Wildman–Crippen MR) is 47.2 cm³/mol. The fraction of sp³-hybridized carbons (Fsp3) is 0.100. The molecule has 0 heterocycles. The minimum atomic E-state index is -4.83. The molecule has 0 spiro atoms. The molecule has 16 heavy (non-hydrogen) atoms. The summed E-state index contributed by atoms with van der Waals surface area (Å²) in [4.78, 5) is 10.7. The molecule has 1 rings (SSSR count). The van der Waals surface area contributed by atoms with Crippen LogP contribution in [0.2, 0.25) is 0 Å². The molecule has 0 aliphatic heterocycles. The van der Waals surface area contributed by atoms with Crippen LogP contribution < -0.4 is 4.74 Å². The Morgan fingerprint density at radius 3 is 2.50 bits per heavy atom. The fourth-order valence-corrected chi connectivity index (χ4v) is 0.943. The summed E-state index contributed by atoms with van der Waals surface area (Å²) in [6.45, 7) is 3.07. The Kier molecular flexibility index (Phi) is 3.31. The van der Waals surface area contributed by atoms with Gasteiger partial charge in [0.25, 0.3) is 0 Å². The number of carbonyl (C=O) groups is 1. The van der Waals surface area contributed by atoms with Gasteiger partial charge in [-0.15, -0.1) is 0 Å². The van der Waals surface area contributed by atoms with Crippen LogP contribution in [0.4, 0.5) is 17.6 Å². The Labute approximate surface area is 88.1 Å². The minimum absolute atomic E-state index is 0.390. The summed E-state index contributed by atoms with van der Waals surface area (Å²) in [5.41, 5.74) is -1.48. The topological polar surface area (TPSA) is 26.3 Å². The van der Waals surface area contributed by atoms with Gasteiger partial charge < -0.3 is 4.74 Å². The van der Waals surface area contributed by atoms with Gasteiger partial charge in [-0.3, -0.25) is 0 Å². The van der Waals surface area contributed by atoms with E-state index in [1.165, 1.54) is 0 Å². The smallest absolute Gasteiger partial charge is 0.419 e. The number of carbonyl (C=O) groups excluding carboxylic acids is 1. The van der Waals surface area contributed by atoms with Gasteiger partial charge in [0.2, 0.25) is 0 Å². The lowest BCUT2D eigenvalue weighted by molar-refractivity contribution is -0.140. The Morgan fingerprint density at radius 2 is 2.00 bits per heavy atom. The van der Waals surface area contributed by atoms with Gasteiger partial charge in [0.1, 0.15) is 11.6 Å². The van der Waals surface area contributed by atoms with Crippen molar-refractivity contribution in [3.63, 3.8) is 0 Å². The molecule has 0 N–H and O–H groups in total. The lowest BCUT2D eigenvalue weighted by atomic mass is 10.2. The first-order chi connectivity index (χ1) is 7.34. The summed E-state index contributed by atoms with van der Waals surface area (Å²) < 4.78 is 54.0. The molecule has 0 saturated heterocycles. The lowest BCUT2D eigenvalue weighted by Gasteiger charge is -2.09. The van der Waals surface area contributed by atoms with E-state index in [1.807, 2.05) is 0 Å². The molecule has 1 aromatic carbocycles. The van der Waals surface area contributed by atoms with Crippen LogP contribution in [0.15, 0.2) is 30.9 Å². The molecule has 0 unspecified atom stereocenters. The quantitative estimate of drug-likeness (QED) is 0.340. The first kappa shape index (κ1) is 12.2. The number of hydrogen-bond acceptors (Lipinski definition) is 2. The van der Waals surface area contributed by atoms with Crippen molar-refractivity contribution in [3.8, 4) is 5.75 Å². The lowest BCUT2D eigenvalue weighted by Crippen LogP contribution is -2.10. The van der Waals surface area contributed by atoms with Crippen LogP contribution in [-0.4, -0.2) is 5.97 Å². The van der Waals surface area contributed by atoms with Crippen molar-refractivity contribution in [2.75, 3.05) is 0 Å². The van der Waals surface area contributed by atoms with Gasteiger partial charge >= 0.3 is 12.1 Å². The Balaban J connectivity index is 3.08.